The van der Waals surface area contributed by atoms with Gasteiger partial charge in [0.25, 0.3) is 0 Å². The number of nitrogens with zero attached hydrogens (tertiary/aromatic N) is 2. The van der Waals surface area contributed by atoms with Crippen molar-refractivity contribution in [3.63, 3.8) is 0 Å². The molecule has 15 heavy (non-hydrogen) atoms. The van der Waals surface area contributed by atoms with E-state index in [0.29, 0.717) is 5.15 Å². The van der Waals surface area contributed by atoms with E-state index in [9.17, 15) is 0 Å². The first-order valence-electron chi connectivity index (χ1n) is 4.43. The van der Waals surface area contributed by atoms with Crippen LogP contribution in [-0.2, 0) is 0 Å². The first kappa shape index (κ1) is 10.4. The predicted octanol–water partition coefficient (Wildman–Crippen LogP) is 3.76. The van der Waals surface area contributed by atoms with Crippen LogP contribution >= 0.6 is 23.2 Å². The van der Waals surface area contributed by atoms with Crippen molar-refractivity contribution in [2.45, 2.75) is 6.92 Å². The van der Waals surface area contributed by atoms with Crippen LogP contribution in [0.1, 0.15) is 5.56 Å². The van der Waals surface area contributed by atoms with Crippen LogP contribution in [0.3, 0.4) is 0 Å². The fourth-order valence-corrected chi connectivity index (χ4v) is 1.72. The van der Waals surface area contributed by atoms with E-state index in [1.807, 2.05) is 37.3 Å². The van der Waals surface area contributed by atoms with Gasteiger partial charge in [0.15, 0.2) is 0 Å². The standard InChI is InChI=1S/C11H8Cl2N2/c1-7-9(8-5-3-2-4-6-8)14-11(13)15-10(7)12/h2-6H,1H3. The van der Waals surface area contributed by atoms with Crippen molar-refractivity contribution >= 4 is 23.2 Å². The van der Waals surface area contributed by atoms with Crippen molar-refractivity contribution in [2.75, 3.05) is 0 Å². The number of hydrogen-bond donors (Lipinski definition) is 0. The lowest BCUT2D eigenvalue weighted by atomic mass is 10.1. The van der Waals surface area contributed by atoms with Crippen molar-refractivity contribution in [2.24, 2.45) is 0 Å². The highest BCUT2D eigenvalue weighted by Crippen LogP contribution is 2.26. The quantitative estimate of drug-likeness (QED) is 0.559. The van der Waals surface area contributed by atoms with Gasteiger partial charge in [0, 0.05) is 11.1 Å². The molecule has 1 aromatic carbocycles. The lowest BCUT2D eigenvalue weighted by molar-refractivity contribution is 1.13. The molecular weight excluding hydrogens is 231 g/mol. The summed E-state index contributed by atoms with van der Waals surface area (Å²) in [6, 6.07) is 9.75. The molecule has 0 atom stereocenters. The lowest BCUT2D eigenvalue weighted by Crippen LogP contribution is -1.93. The maximum atomic E-state index is 5.93. The summed E-state index contributed by atoms with van der Waals surface area (Å²) in [5.41, 5.74) is 2.61. The minimum absolute atomic E-state index is 0.171. The summed E-state index contributed by atoms with van der Waals surface area (Å²) in [6.45, 7) is 1.88. The molecule has 0 fully saturated rings. The Hall–Kier alpha value is -1.12. The maximum absolute atomic E-state index is 5.93. The minimum Gasteiger partial charge on any atom is -0.218 e. The van der Waals surface area contributed by atoms with Crippen LogP contribution in [0.15, 0.2) is 30.3 Å². The molecule has 0 N–H and O–H groups in total. The van der Waals surface area contributed by atoms with Gasteiger partial charge in [-0.3, -0.25) is 0 Å². The fraction of sp³-hybridized carbons (Fsp3) is 0.0909. The molecule has 0 bridgehead atoms. The first-order valence-corrected chi connectivity index (χ1v) is 5.19. The van der Waals surface area contributed by atoms with Gasteiger partial charge in [-0.25, -0.2) is 9.97 Å². The van der Waals surface area contributed by atoms with Crippen molar-refractivity contribution in [1.29, 1.82) is 0 Å². The Morgan fingerprint density at radius 2 is 1.67 bits per heavy atom. The Kier molecular flexibility index (Phi) is 2.89. The Balaban J connectivity index is 2.63. The van der Waals surface area contributed by atoms with Crippen LogP contribution in [0.25, 0.3) is 11.3 Å². The highest BCUT2D eigenvalue weighted by molar-refractivity contribution is 6.32. The molecular formula is C11H8Cl2N2. The Morgan fingerprint density at radius 3 is 2.33 bits per heavy atom. The average Bonchev–Trinajstić information content (AvgIpc) is 2.24. The molecule has 0 aliphatic rings. The Labute approximate surface area is 97.9 Å². The minimum atomic E-state index is 0.171. The average molecular weight is 239 g/mol. The molecule has 2 rings (SSSR count). The highest BCUT2D eigenvalue weighted by atomic mass is 35.5. The zero-order valence-corrected chi connectivity index (χ0v) is 9.55. The molecule has 1 aromatic heterocycles. The van der Waals surface area contributed by atoms with E-state index in [0.717, 1.165) is 16.8 Å². The third-order valence-corrected chi connectivity index (χ3v) is 2.64. The van der Waals surface area contributed by atoms with Gasteiger partial charge >= 0.3 is 0 Å². The normalized spacial score (nSPS) is 10.3. The number of rotatable bonds is 1. The second-order valence-electron chi connectivity index (χ2n) is 3.12. The molecule has 0 aliphatic carbocycles. The van der Waals surface area contributed by atoms with E-state index in [1.165, 1.54) is 0 Å². The number of aromatic nitrogens is 2. The Morgan fingerprint density at radius 1 is 1.00 bits per heavy atom. The molecule has 0 amide bonds. The summed E-state index contributed by atoms with van der Waals surface area (Å²) in [6.07, 6.45) is 0. The number of benzene rings is 1. The van der Waals surface area contributed by atoms with Crippen LogP contribution in [0.2, 0.25) is 10.4 Å². The van der Waals surface area contributed by atoms with Gasteiger partial charge in [-0.2, -0.15) is 0 Å². The lowest BCUT2D eigenvalue weighted by Gasteiger charge is -2.06. The Bertz CT molecular complexity index is 483. The van der Waals surface area contributed by atoms with E-state index < -0.39 is 0 Å². The molecule has 1 heterocycles. The molecule has 2 nitrogen and oxygen atoms in total. The van der Waals surface area contributed by atoms with Crippen LogP contribution in [0.4, 0.5) is 0 Å². The van der Waals surface area contributed by atoms with E-state index in [-0.39, 0.29) is 5.28 Å². The highest BCUT2D eigenvalue weighted by Gasteiger charge is 2.09. The molecule has 0 saturated carbocycles. The van der Waals surface area contributed by atoms with E-state index in [4.69, 9.17) is 23.2 Å². The van der Waals surface area contributed by atoms with E-state index >= 15 is 0 Å². The van der Waals surface area contributed by atoms with Gasteiger partial charge in [-0.1, -0.05) is 41.9 Å². The third kappa shape index (κ3) is 2.11. The van der Waals surface area contributed by atoms with Crippen LogP contribution < -0.4 is 0 Å². The summed E-state index contributed by atoms with van der Waals surface area (Å²) in [5, 5.41) is 0.568. The van der Waals surface area contributed by atoms with Gasteiger partial charge in [0.1, 0.15) is 5.15 Å². The zero-order valence-electron chi connectivity index (χ0n) is 8.04. The monoisotopic (exact) mass is 238 g/mol. The van der Waals surface area contributed by atoms with Crippen molar-refractivity contribution in [3.8, 4) is 11.3 Å². The second-order valence-corrected chi connectivity index (χ2v) is 3.82. The van der Waals surface area contributed by atoms with Gasteiger partial charge in [-0.15, -0.1) is 0 Å². The number of halogens is 2. The van der Waals surface area contributed by atoms with Crippen LogP contribution in [0, 0.1) is 6.92 Å². The van der Waals surface area contributed by atoms with E-state index in [1.54, 1.807) is 0 Å². The van der Waals surface area contributed by atoms with E-state index in [2.05, 4.69) is 9.97 Å². The summed E-state index contributed by atoms with van der Waals surface area (Å²) < 4.78 is 0. The molecule has 0 saturated heterocycles. The maximum Gasteiger partial charge on any atom is 0.224 e. The summed E-state index contributed by atoms with van der Waals surface area (Å²) in [5.74, 6) is 0. The molecule has 4 heteroatoms. The molecule has 0 unspecified atom stereocenters. The second kappa shape index (κ2) is 4.17. The molecule has 76 valence electrons. The summed E-state index contributed by atoms with van der Waals surface area (Å²) >= 11 is 11.7. The molecule has 0 aliphatic heterocycles. The fourth-order valence-electron chi connectivity index (χ4n) is 1.34. The van der Waals surface area contributed by atoms with Crippen LogP contribution in [0.5, 0.6) is 0 Å². The smallest absolute Gasteiger partial charge is 0.218 e. The van der Waals surface area contributed by atoms with Gasteiger partial charge in [0.2, 0.25) is 5.28 Å². The van der Waals surface area contributed by atoms with Gasteiger partial charge in [-0.05, 0) is 18.5 Å². The van der Waals surface area contributed by atoms with Gasteiger partial charge < -0.3 is 0 Å². The SMILES string of the molecule is Cc1c(Cl)nc(Cl)nc1-c1ccccc1. The molecule has 0 radical (unpaired) electrons. The summed E-state index contributed by atoms with van der Waals surface area (Å²) in [7, 11) is 0. The molecule has 2 aromatic rings. The van der Waals surface area contributed by atoms with Crippen molar-refractivity contribution in [1.82, 2.24) is 9.97 Å². The van der Waals surface area contributed by atoms with Crippen molar-refractivity contribution < 1.29 is 0 Å². The van der Waals surface area contributed by atoms with Crippen molar-refractivity contribution in [3.05, 3.63) is 46.3 Å². The largest absolute Gasteiger partial charge is 0.224 e. The first-order chi connectivity index (χ1) is 7.18. The predicted molar refractivity (Wildman–Crippen MR) is 62.2 cm³/mol. The topological polar surface area (TPSA) is 25.8 Å². The number of hydrogen-bond acceptors (Lipinski definition) is 2. The van der Waals surface area contributed by atoms with Crippen LogP contribution in [-0.4, -0.2) is 9.97 Å². The third-order valence-electron chi connectivity index (χ3n) is 2.11. The molecule has 0 spiro atoms. The summed E-state index contributed by atoms with van der Waals surface area (Å²) in [4.78, 5) is 8.05. The van der Waals surface area contributed by atoms with Gasteiger partial charge in [0.05, 0.1) is 5.69 Å². The zero-order chi connectivity index (χ0) is 10.8.